The van der Waals surface area contributed by atoms with Crippen LogP contribution >= 0.6 is 0 Å². The first-order valence-corrected chi connectivity index (χ1v) is 6.29. The summed E-state index contributed by atoms with van der Waals surface area (Å²) in [5, 5.41) is 19.9. The predicted molar refractivity (Wildman–Crippen MR) is 70.7 cm³/mol. The number of anilines is 1. The van der Waals surface area contributed by atoms with Gasteiger partial charge in [0.25, 0.3) is 5.69 Å². The molecule has 1 fully saturated rings. The normalized spacial score (nSPS) is 19.2. The van der Waals surface area contributed by atoms with Gasteiger partial charge >= 0.3 is 5.97 Å². The topological polar surface area (TPSA) is 83.7 Å². The van der Waals surface area contributed by atoms with Crippen LogP contribution in [0.3, 0.4) is 0 Å². The number of nitro benzene ring substituents is 1. The third-order valence-electron chi connectivity index (χ3n) is 3.54. The van der Waals surface area contributed by atoms with Gasteiger partial charge in [0.1, 0.15) is 5.56 Å². The van der Waals surface area contributed by atoms with Crippen LogP contribution in [-0.4, -0.2) is 28.6 Å². The lowest BCUT2D eigenvalue weighted by molar-refractivity contribution is -0.385. The zero-order chi connectivity index (χ0) is 14.0. The Bertz CT molecular complexity index is 515. The van der Waals surface area contributed by atoms with E-state index in [1.807, 2.05) is 0 Å². The van der Waals surface area contributed by atoms with E-state index in [1.54, 1.807) is 6.07 Å². The Kier molecular flexibility index (Phi) is 3.69. The summed E-state index contributed by atoms with van der Waals surface area (Å²) in [6, 6.07) is 4.64. The Balaban J connectivity index is 2.40. The summed E-state index contributed by atoms with van der Waals surface area (Å²) in [5.74, 6) is -1.27. The van der Waals surface area contributed by atoms with Gasteiger partial charge < -0.3 is 10.0 Å². The molecule has 0 aromatic heterocycles. The highest BCUT2D eigenvalue weighted by molar-refractivity contribution is 5.93. The SMILES string of the molecule is C[C@@H]1CCCCN1c1ccc([N+](=O)[O-])c(C(=O)O)c1. The predicted octanol–water partition coefficient (Wildman–Crippen LogP) is 2.67. The van der Waals surface area contributed by atoms with Gasteiger partial charge in [-0.2, -0.15) is 0 Å². The number of nitrogens with zero attached hydrogens (tertiary/aromatic N) is 2. The van der Waals surface area contributed by atoms with E-state index in [9.17, 15) is 14.9 Å². The van der Waals surface area contributed by atoms with Gasteiger partial charge in [-0.15, -0.1) is 0 Å². The molecule has 19 heavy (non-hydrogen) atoms. The molecule has 1 aliphatic heterocycles. The highest BCUT2D eigenvalue weighted by Gasteiger charge is 2.24. The highest BCUT2D eigenvalue weighted by atomic mass is 16.6. The summed E-state index contributed by atoms with van der Waals surface area (Å²) in [5.41, 5.74) is 0.136. The van der Waals surface area contributed by atoms with Crippen LogP contribution in [0.2, 0.25) is 0 Å². The Hall–Kier alpha value is -2.11. The molecule has 0 aliphatic carbocycles. The molecule has 0 bridgehead atoms. The second-order valence-electron chi connectivity index (χ2n) is 4.80. The highest BCUT2D eigenvalue weighted by Crippen LogP contribution is 2.29. The molecule has 1 N–H and O–H groups in total. The Labute approximate surface area is 110 Å². The Morgan fingerprint density at radius 3 is 2.79 bits per heavy atom. The van der Waals surface area contributed by atoms with Crippen molar-refractivity contribution < 1.29 is 14.8 Å². The maximum absolute atomic E-state index is 11.1. The number of carboxylic acid groups (broad SMARTS) is 1. The summed E-state index contributed by atoms with van der Waals surface area (Å²) >= 11 is 0. The van der Waals surface area contributed by atoms with Gasteiger partial charge in [0.05, 0.1) is 4.92 Å². The molecule has 0 spiro atoms. The van der Waals surface area contributed by atoms with Crippen molar-refractivity contribution in [3.8, 4) is 0 Å². The fourth-order valence-electron chi connectivity index (χ4n) is 2.51. The summed E-state index contributed by atoms with van der Waals surface area (Å²) in [6.45, 7) is 2.94. The van der Waals surface area contributed by atoms with Crippen LogP contribution in [-0.2, 0) is 0 Å². The van der Waals surface area contributed by atoms with Gasteiger partial charge in [-0.25, -0.2) is 4.79 Å². The quantitative estimate of drug-likeness (QED) is 0.670. The Morgan fingerprint density at radius 1 is 1.47 bits per heavy atom. The lowest BCUT2D eigenvalue weighted by Crippen LogP contribution is -2.37. The zero-order valence-electron chi connectivity index (χ0n) is 10.7. The molecule has 0 unspecified atom stereocenters. The van der Waals surface area contributed by atoms with E-state index in [0.29, 0.717) is 6.04 Å². The van der Waals surface area contributed by atoms with E-state index in [1.165, 1.54) is 12.1 Å². The number of hydrogen-bond acceptors (Lipinski definition) is 4. The third kappa shape index (κ3) is 2.67. The van der Waals surface area contributed by atoms with Crippen molar-refractivity contribution in [3.05, 3.63) is 33.9 Å². The molecule has 1 aromatic carbocycles. The van der Waals surface area contributed by atoms with Crippen LogP contribution in [0.25, 0.3) is 0 Å². The minimum Gasteiger partial charge on any atom is -0.477 e. The van der Waals surface area contributed by atoms with Crippen LogP contribution in [0.15, 0.2) is 18.2 Å². The van der Waals surface area contributed by atoms with Crippen molar-refractivity contribution in [2.75, 3.05) is 11.4 Å². The van der Waals surface area contributed by atoms with Crippen LogP contribution < -0.4 is 4.90 Å². The van der Waals surface area contributed by atoms with Crippen molar-refractivity contribution in [2.24, 2.45) is 0 Å². The molecule has 1 aliphatic rings. The second kappa shape index (κ2) is 5.26. The average Bonchev–Trinajstić information content (AvgIpc) is 2.38. The van der Waals surface area contributed by atoms with Crippen molar-refractivity contribution >= 4 is 17.3 Å². The third-order valence-corrected chi connectivity index (χ3v) is 3.54. The molecule has 1 heterocycles. The van der Waals surface area contributed by atoms with Crippen LogP contribution in [0.5, 0.6) is 0 Å². The number of rotatable bonds is 3. The molecule has 1 atom stereocenters. The maximum atomic E-state index is 11.1. The maximum Gasteiger partial charge on any atom is 0.342 e. The number of aromatic carboxylic acids is 1. The van der Waals surface area contributed by atoms with Crippen molar-refractivity contribution in [1.29, 1.82) is 0 Å². The molecule has 102 valence electrons. The van der Waals surface area contributed by atoms with E-state index in [2.05, 4.69) is 11.8 Å². The van der Waals surface area contributed by atoms with Crippen molar-refractivity contribution in [1.82, 2.24) is 0 Å². The lowest BCUT2D eigenvalue weighted by atomic mass is 10.0. The first-order valence-electron chi connectivity index (χ1n) is 6.29. The van der Waals surface area contributed by atoms with Gasteiger partial charge in [-0.3, -0.25) is 10.1 Å². The van der Waals surface area contributed by atoms with Gasteiger partial charge in [-0.1, -0.05) is 0 Å². The molecule has 1 saturated heterocycles. The minimum absolute atomic E-state index is 0.250. The van der Waals surface area contributed by atoms with Crippen LogP contribution in [0.4, 0.5) is 11.4 Å². The van der Waals surface area contributed by atoms with E-state index < -0.39 is 10.9 Å². The van der Waals surface area contributed by atoms with Crippen molar-refractivity contribution in [2.45, 2.75) is 32.2 Å². The molecule has 0 saturated carbocycles. The molecular weight excluding hydrogens is 248 g/mol. The molecule has 6 nitrogen and oxygen atoms in total. The number of hydrogen-bond donors (Lipinski definition) is 1. The number of piperidine rings is 1. The summed E-state index contributed by atoms with van der Waals surface area (Å²) in [6.07, 6.45) is 3.28. The number of nitro groups is 1. The Morgan fingerprint density at radius 2 is 2.21 bits per heavy atom. The zero-order valence-corrected chi connectivity index (χ0v) is 10.7. The lowest BCUT2D eigenvalue weighted by Gasteiger charge is -2.35. The molecule has 6 heteroatoms. The first kappa shape index (κ1) is 13.3. The molecular formula is C13H16N2O4. The van der Waals surface area contributed by atoms with E-state index in [4.69, 9.17) is 5.11 Å². The van der Waals surface area contributed by atoms with Gasteiger partial charge in [-0.05, 0) is 38.3 Å². The van der Waals surface area contributed by atoms with Gasteiger partial charge in [0.15, 0.2) is 0 Å². The second-order valence-corrected chi connectivity index (χ2v) is 4.80. The molecule has 0 amide bonds. The van der Waals surface area contributed by atoms with Gasteiger partial charge in [0, 0.05) is 24.3 Å². The smallest absolute Gasteiger partial charge is 0.342 e. The fourth-order valence-corrected chi connectivity index (χ4v) is 2.51. The fraction of sp³-hybridized carbons (Fsp3) is 0.462. The number of benzene rings is 1. The average molecular weight is 264 g/mol. The first-order chi connectivity index (χ1) is 9.00. The minimum atomic E-state index is -1.27. The molecule has 2 rings (SSSR count). The molecule has 1 aromatic rings. The molecule has 0 radical (unpaired) electrons. The standard InChI is InChI=1S/C13H16N2O4/c1-9-4-2-3-7-14(9)10-5-6-12(15(18)19)11(8-10)13(16)17/h5-6,8-9H,2-4,7H2,1H3,(H,16,17)/t9-/m1/s1. The summed E-state index contributed by atoms with van der Waals surface area (Å²) in [4.78, 5) is 23.4. The van der Waals surface area contributed by atoms with E-state index in [0.717, 1.165) is 31.5 Å². The van der Waals surface area contributed by atoms with Crippen molar-refractivity contribution in [3.63, 3.8) is 0 Å². The van der Waals surface area contributed by atoms with E-state index >= 15 is 0 Å². The van der Waals surface area contributed by atoms with E-state index in [-0.39, 0.29) is 11.3 Å². The van der Waals surface area contributed by atoms with Gasteiger partial charge in [0.2, 0.25) is 0 Å². The largest absolute Gasteiger partial charge is 0.477 e. The van der Waals surface area contributed by atoms with Crippen LogP contribution in [0, 0.1) is 10.1 Å². The summed E-state index contributed by atoms with van der Waals surface area (Å²) in [7, 11) is 0. The number of carboxylic acids is 1. The number of carbonyl (C=O) groups is 1. The van der Waals surface area contributed by atoms with Crippen LogP contribution in [0.1, 0.15) is 36.5 Å². The monoisotopic (exact) mass is 264 g/mol. The summed E-state index contributed by atoms with van der Waals surface area (Å²) < 4.78 is 0.